The molecule has 90 valence electrons. The smallest absolute Gasteiger partial charge is 0.150 e. The van der Waals surface area contributed by atoms with Crippen LogP contribution in [0.15, 0.2) is 46.4 Å². The second-order valence-electron chi connectivity index (χ2n) is 4.09. The topological polar surface area (TPSA) is 22.0 Å². The summed E-state index contributed by atoms with van der Waals surface area (Å²) in [6.45, 7) is 0.835. The van der Waals surface area contributed by atoms with Crippen molar-refractivity contribution in [1.29, 1.82) is 0 Å². The Morgan fingerprint density at radius 2 is 2.11 bits per heavy atom. The first-order valence-electron chi connectivity index (χ1n) is 5.54. The zero-order chi connectivity index (χ0) is 12.5. The highest BCUT2D eigenvalue weighted by Gasteiger charge is 2.04. The van der Waals surface area contributed by atoms with Crippen molar-refractivity contribution in [3.63, 3.8) is 0 Å². The third-order valence-electron chi connectivity index (χ3n) is 2.89. The predicted molar refractivity (Wildman–Crippen MR) is 78.4 cm³/mol. The Labute approximate surface area is 117 Å². The number of hydrogen-bond acceptors (Lipinski definition) is 2. The Morgan fingerprint density at radius 3 is 2.83 bits per heavy atom. The fourth-order valence-corrected chi connectivity index (χ4v) is 3.50. The number of rotatable bonds is 3. The van der Waals surface area contributed by atoms with E-state index in [4.69, 9.17) is 0 Å². The van der Waals surface area contributed by atoms with E-state index >= 15 is 0 Å². The second-order valence-corrected chi connectivity index (χ2v) is 6.63. The third kappa shape index (κ3) is 2.13. The van der Waals surface area contributed by atoms with Crippen molar-refractivity contribution in [2.75, 3.05) is 0 Å². The first-order chi connectivity index (χ1) is 8.76. The van der Waals surface area contributed by atoms with E-state index in [2.05, 4.69) is 44.9 Å². The average molecular weight is 320 g/mol. The van der Waals surface area contributed by atoms with Gasteiger partial charge in [-0.15, -0.1) is 11.3 Å². The molecule has 0 atom stereocenters. The summed E-state index contributed by atoms with van der Waals surface area (Å²) < 4.78 is 3.31. The lowest BCUT2D eigenvalue weighted by molar-refractivity contribution is 0.112. The van der Waals surface area contributed by atoms with Gasteiger partial charge in [-0.2, -0.15) is 0 Å². The molecule has 0 radical (unpaired) electrons. The predicted octanol–water partition coefficient (Wildman–Crippen LogP) is 4.33. The normalized spacial score (nSPS) is 10.9. The van der Waals surface area contributed by atoms with E-state index < -0.39 is 0 Å². The molecule has 3 rings (SSSR count). The van der Waals surface area contributed by atoms with Crippen LogP contribution in [0.4, 0.5) is 0 Å². The molecule has 0 unspecified atom stereocenters. The highest BCUT2D eigenvalue weighted by Crippen LogP contribution is 2.25. The van der Waals surface area contributed by atoms with Crippen molar-refractivity contribution >= 4 is 44.5 Å². The maximum absolute atomic E-state index is 10.8. The molecular weight excluding hydrogens is 310 g/mol. The first-order valence-corrected chi connectivity index (χ1v) is 7.15. The molecule has 0 amide bonds. The van der Waals surface area contributed by atoms with Crippen LogP contribution in [-0.2, 0) is 6.54 Å². The minimum absolute atomic E-state index is 0.717. The molecule has 0 saturated heterocycles. The largest absolute Gasteiger partial charge is 0.342 e. The maximum Gasteiger partial charge on any atom is 0.150 e. The Morgan fingerprint density at radius 1 is 1.22 bits per heavy atom. The van der Waals surface area contributed by atoms with Crippen molar-refractivity contribution in [2.45, 2.75) is 6.54 Å². The number of halogens is 1. The van der Waals surface area contributed by atoms with E-state index in [1.807, 2.05) is 18.2 Å². The number of fused-ring (bicyclic) bond motifs is 1. The Balaban J connectivity index is 2.03. The Bertz CT molecular complexity index is 713. The van der Waals surface area contributed by atoms with Gasteiger partial charge in [0, 0.05) is 22.2 Å². The van der Waals surface area contributed by atoms with Crippen molar-refractivity contribution in [1.82, 2.24) is 4.57 Å². The van der Waals surface area contributed by atoms with E-state index in [9.17, 15) is 4.79 Å². The van der Waals surface area contributed by atoms with Crippen LogP contribution >= 0.6 is 27.3 Å². The lowest BCUT2D eigenvalue weighted by Gasteiger charge is -2.03. The molecule has 0 spiro atoms. The highest BCUT2D eigenvalue weighted by atomic mass is 79.9. The van der Waals surface area contributed by atoms with Gasteiger partial charge in [0.25, 0.3) is 0 Å². The number of benzene rings is 1. The quantitative estimate of drug-likeness (QED) is 0.659. The molecule has 3 aromatic rings. The molecule has 0 aliphatic heterocycles. The van der Waals surface area contributed by atoms with Crippen LogP contribution in [0.25, 0.3) is 10.9 Å². The van der Waals surface area contributed by atoms with E-state index in [1.165, 1.54) is 4.88 Å². The monoisotopic (exact) mass is 319 g/mol. The third-order valence-corrected chi connectivity index (χ3v) is 4.50. The molecule has 0 saturated carbocycles. The number of thiophene rings is 1. The van der Waals surface area contributed by atoms with E-state index in [1.54, 1.807) is 11.3 Å². The van der Waals surface area contributed by atoms with Crippen LogP contribution in [0, 0.1) is 0 Å². The maximum atomic E-state index is 10.8. The molecule has 0 aliphatic rings. The average Bonchev–Trinajstić information content (AvgIpc) is 2.96. The summed E-state index contributed by atoms with van der Waals surface area (Å²) in [6.07, 6.45) is 2.95. The summed E-state index contributed by atoms with van der Waals surface area (Å²) >= 11 is 5.20. The molecule has 0 fully saturated rings. The summed E-state index contributed by atoms with van der Waals surface area (Å²) in [6, 6.07) is 12.0. The van der Waals surface area contributed by atoms with Crippen molar-refractivity contribution in [2.24, 2.45) is 0 Å². The standard InChI is InChI=1S/C14H10BrNOS/c15-14-4-3-12(18-14)8-16-6-5-11-2-1-10(9-17)7-13(11)16/h1-7,9H,8H2. The van der Waals surface area contributed by atoms with Gasteiger partial charge in [0.15, 0.2) is 0 Å². The summed E-state index contributed by atoms with van der Waals surface area (Å²) in [7, 11) is 0. The SMILES string of the molecule is O=Cc1ccc2ccn(Cc3ccc(Br)s3)c2c1. The van der Waals surface area contributed by atoms with Gasteiger partial charge in [-0.1, -0.05) is 12.1 Å². The second kappa shape index (κ2) is 4.71. The summed E-state index contributed by atoms with van der Waals surface area (Å²) in [5.74, 6) is 0. The number of carbonyl (C=O) groups excluding carboxylic acids is 1. The fourth-order valence-electron chi connectivity index (χ4n) is 2.02. The summed E-state index contributed by atoms with van der Waals surface area (Å²) in [5.41, 5.74) is 1.82. The number of aldehydes is 1. The zero-order valence-electron chi connectivity index (χ0n) is 9.47. The van der Waals surface area contributed by atoms with Crippen LogP contribution in [0.2, 0.25) is 0 Å². The van der Waals surface area contributed by atoms with E-state index in [0.29, 0.717) is 0 Å². The Hall–Kier alpha value is -1.39. The highest BCUT2D eigenvalue weighted by molar-refractivity contribution is 9.11. The lowest BCUT2D eigenvalue weighted by Crippen LogP contribution is -1.95. The molecule has 1 aromatic carbocycles. The molecule has 2 heterocycles. The molecular formula is C14H10BrNOS. The lowest BCUT2D eigenvalue weighted by atomic mass is 10.2. The van der Waals surface area contributed by atoms with Gasteiger partial charge < -0.3 is 4.57 Å². The van der Waals surface area contributed by atoms with Crippen molar-refractivity contribution < 1.29 is 4.79 Å². The van der Waals surface area contributed by atoms with Crippen molar-refractivity contribution in [3.05, 3.63) is 56.8 Å². The van der Waals surface area contributed by atoms with Crippen LogP contribution in [0.1, 0.15) is 15.2 Å². The summed E-state index contributed by atoms with van der Waals surface area (Å²) in [4.78, 5) is 12.1. The van der Waals surface area contributed by atoms with Gasteiger partial charge in [0.1, 0.15) is 6.29 Å². The molecule has 18 heavy (non-hydrogen) atoms. The number of carbonyl (C=O) groups is 1. The summed E-state index contributed by atoms with van der Waals surface area (Å²) in [5, 5.41) is 1.16. The van der Waals surface area contributed by atoms with Crippen LogP contribution in [0.3, 0.4) is 0 Å². The van der Waals surface area contributed by atoms with Gasteiger partial charge >= 0.3 is 0 Å². The van der Waals surface area contributed by atoms with E-state index in [0.717, 1.165) is 33.1 Å². The Kier molecular flexibility index (Phi) is 3.06. The van der Waals surface area contributed by atoms with Crippen LogP contribution < -0.4 is 0 Å². The molecule has 0 bridgehead atoms. The first kappa shape index (κ1) is 11.7. The van der Waals surface area contributed by atoms with Gasteiger partial charge in [0.2, 0.25) is 0 Å². The van der Waals surface area contributed by atoms with Crippen LogP contribution in [-0.4, -0.2) is 10.9 Å². The van der Waals surface area contributed by atoms with Gasteiger partial charge in [-0.05, 0) is 45.6 Å². The number of hydrogen-bond donors (Lipinski definition) is 0. The molecule has 0 N–H and O–H groups in total. The van der Waals surface area contributed by atoms with Gasteiger partial charge in [-0.25, -0.2) is 0 Å². The molecule has 2 nitrogen and oxygen atoms in total. The molecule has 0 aliphatic carbocycles. The van der Waals surface area contributed by atoms with E-state index in [-0.39, 0.29) is 0 Å². The van der Waals surface area contributed by atoms with Crippen molar-refractivity contribution in [3.8, 4) is 0 Å². The minimum Gasteiger partial charge on any atom is -0.342 e. The number of nitrogens with zero attached hydrogens (tertiary/aromatic N) is 1. The molecule has 2 aromatic heterocycles. The number of aromatic nitrogens is 1. The van der Waals surface area contributed by atoms with Gasteiger partial charge in [-0.3, -0.25) is 4.79 Å². The minimum atomic E-state index is 0.717. The zero-order valence-corrected chi connectivity index (χ0v) is 11.9. The fraction of sp³-hybridized carbons (Fsp3) is 0.0714. The van der Waals surface area contributed by atoms with Gasteiger partial charge in [0.05, 0.1) is 10.3 Å². The molecule has 4 heteroatoms. The van der Waals surface area contributed by atoms with Crippen LogP contribution in [0.5, 0.6) is 0 Å².